The largest absolute Gasteiger partial charge is 0.396 e. The van der Waals surface area contributed by atoms with E-state index in [1.54, 1.807) is 0 Å². The molecule has 3 heteroatoms. The number of rotatable bonds is 11. The molecule has 0 aliphatic rings. The number of benzene rings is 1. The Morgan fingerprint density at radius 2 is 1.60 bits per heavy atom. The number of hydrogen-bond donors (Lipinski definition) is 2. The highest BCUT2D eigenvalue weighted by Gasteiger charge is 2.03. The van der Waals surface area contributed by atoms with Crippen molar-refractivity contribution >= 4 is 11.4 Å². The lowest BCUT2D eigenvalue weighted by molar-refractivity contribution is 0.283. The summed E-state index contributed by atoms with van der Waals surface area (Å²) in [6.07, 6.45) is 5.47. The fourth-order valence-electron chi connectivity index (χ4n) is 2.35. The van der Waals surface area contributed by atoms with Crippen LogP contribution in [0.3, 0.4) is 0 Å². The van der Waals surface area contributed by atoms with Crippen LogP contribution in [-0.4, -0.2) is 31.3 Å². The second kappa shape index (κ2) is 10.6. The van der Waals surface area contributed by atoms with Crippen LogP contribution in [0.5, 0.6) is 0 Å². The number of aliphatic hydroxyl groups is 1. The number of aliphatic hydroxyl groups excluding tert-OH is 1. The zero-order valence-electron chi connectivity index (χ0n) is 13.1. The van der Waals surface area contributed by atoms with Crippen molar-refractivity contribution < 1.29 is 5.11 Å². The van der Waals surface area contributed by atoms with Crippen molar-refractivity contribution in [2.75, 3.05) is 36.5 Å². The highest BCUT2D eigenvalue weighted by molar-refractivity contribution is 5.55. The summed E-state index contributed by atoms with van der Waals surface area (Å²) in [6, 6.07) is 8.75. The molecule has 0 amide bonds. The molecule has 0 aromatic heterocycles. The molecule has 0 radical (unpaired) electrons. The van der Waals surface area contributed by atoms with Gasteiger partial charge in [-0.2, -0.15) is 0 Å². The van der Waals surface area contributed by atoms with E-state index < -0.39 is 0 Å². The molecule has 2 N–H and O–H groups in total. The van der Waals surface area contributed by atoms with E-state index >= 15 is 0 Å². The zero-order valence-corrected chi connectivity index (χ0v) is 13.1. The highest BCUT2D eigenvalue weighted by Crippen LogP contribution is 2.18. The first-order valence-electron chi connectivity index (χ1n) is 8.01. The van der Waals surface area contributed by atoms with Gasteiger partial charge in [0.25, 0.3) is 0 Å². The average Bonchev–Trinajstić information content (AvgIpc) is 2.47. The Morgan fingerprint density at radius 3 is 2.15 bits per heavy atom. The van der Waals surface area contributed by atoms with Crippen LogP contribution in [0.15, 0.2) is 24.3 Å². The van der Waals surface area contributed by atoms with Gasteiger partial charge in [-0.1, -0.05) is 13.8 Å². The normalized spacial score (nSPS) is 10.6. The predicted octanol–water partition coefficient (Wildman–Crippen LogP) is 3.89. The van der Waals surface area contributed by atoms with Gasteiger partial charge in [-0.25, -0.2) is 0 Å². The van der Waals surface area contributed by atoms with Crippen LogP contribution in [0, 0.1) is 0 Å². The topological polar surface area (TPSA) is 35.5 Å². The quantitative estimate of drug-likeness (QED) is 0.603. The van der Waals surface area contributed by atoms with Crippen molar-refractivity contribution in [2.45, 2.75) is 46.0 Å². The third-order valence-electron chi connectivity index (χ3n) is 3.38. The van der Waals surface area contributed by atoms with Crippen molar-refractivity contribution in [3.63, 3.8) is 0 Å². The van der Waals surface area contributed by atoms with Crippen LogP contribution in [-0.2, 0) is 0 Å². The first-order valence-corrected chi connectivity index (χ1v) is 8.01. The van der Waals surface area contributed by atoms with E-state index in [1.165, 1.54) is 24.2 Å². The van der Waals surface area contributed by atoms with Gasteiger partial charge < -0.3 is 15.3 Å². The van der Waals surface area contributed by atoms with E-state index in [0.717, 1.165) is 38.9 Å². The minimum Gasteiger partial charge on any atom is -0.396 e. The lowest BCUT2D eigenvalue weighted by Crippen LogP contribution is -2.24. The number of nitrogens with zero attached hydrogens (tertiary/aromatic N) is 1. The van der Waals surface area contributed by atoms with Gasteiger partial charge in [-0.15, -0.1) is 0 Å². The van der Waals surface area contributed by atoms with E-state index in [-0.39, 0.29) is 0 Å². The fourth-order valence-corrected chi connectivity index (χ4v) is 2.35. The molecule has 1 aromatic rings. The highest BCUT2D eigenvalue weighted by atomic mass is 16.2. The molecule has 0 aliphatic carbocycles. The van der Waals surface area contributed by atoms with E-state index in [1.807, 2.05) is 0 Å². The van der Waals surface area contributed by atoms with Crippen molar-refractivity contribution in [3.8, 4) is 0 Å². The predicted molar refractivity (Wildman–Crippen MR) is 88.7 cm³/mol. The van der Waals surface area contributed by atoms with Gasteiger partial charge in [0, 0.05) is 37.6 Å². The van der Waals surface area contributed by atoms with Crippen LogP contribution in [0.1, 0.15) is 46.0 Å². The molecular formula is C17H30N2O. The lowest BCUT2D eigenvalue weighted by Gasteiger charge is -2.24. The second-order valence-electron chi connectivity index (χ2n) is 5.24. The first-order chi connectivity index (χ1) is 9.81. The summed E-state index contributed by atoms with van der Waals surface area (Å²) in [7, 11) is 0. The van der Waals surface area contributed by atoms with Gasteiger partial charge >= 0.3 is 0 Å². The number of anilines is 2. The molecule has 0 heterocycles. The molecule has 0 saturated carbocycles. The molecular weight excluding hydrogens is 248 g/mol. The van der Waals surface area contributed by atoms with Crippen LogP contribution in [0.2, 0.25) is 0 Å². The minimum absolute atomic E-state index is 0.305. The molecule has 0 atom stereocenters. The SMILES string of the molecule is CCCN(CCC)c1ccc(NCCCCCO)cc1. The maximum Gasteiger partial charge on any atom is 0.0431 e. The smallest absolute Gasteiger partial charge is 0.0431 e. The first kappa shape index (κ1) is 16.8. The van der Waals surface area contributed by atoms with Gasteiger partial charge in [-0.3, -0.25) is 0 Å². The summed E-state index contributed by atoms with van der Waals surface area (Å²) in [5.41, 5.74) is 2.50. The van der Waals surface area contributed by atoms with Crippen LogP contribution in [0.4, 0.5) is 11.4 Å². The maximum absolute atomic E-state index is 8.73. The molecule has 0 bridgehead atoms. The van der Waals surface area contributed by atoms with Crippen LogP contribution >= 0.6 is 0 Å². The third-order valence-corrected chi connectivity index (χ3v) is 3.38. The maximum atomic E-state index is 8.73. The summed E-state index contributed by atoms with van der Waals surface area (Å²) < 4.78 is 0. The summed E-state index contributed by atoms with van der Waals surface area (Å²) in [5.74, 6) is 0. The summed E-state index contributed by atoms with van der Waals surface area (Å²) >= 11 is 0. The van der Waals surface area contributed by atoms with Crippen molar-refractivity contribution in [2.24, 2.45) is 0 Å². The standard InChI is InChI=1S/C17H30N2O/c1-3-13-19(14-4-2)17-10-8-16(9-11-17)18-12-6-5-7-15-20/h8-11,18,20H,3-7,12-15H2,1-2H3. The Morgan fingerprint density at radius 1 is 0.950 bits per heavy atom. The molecule has 0 saturated heterocycles. The van der Waals surface area contributed by atoms with E-state index in [9.17, 15) is 0 Å². The molecule has 0 unspecified atom stereocenters. The summed E-state index contributed by atoms with van der Waals surface area (Å²) in [6.45, 7) is 7.99. The molecule has 1 rings (SSSR count). The van der Waals surface area contributed by atoms with Gasteiger partial charge in [0.05, 0.1) is 0 Å². The Bertz CT molecular complexity index is 331. The van der Waals surface area contributed by atoms with Crippen LogP contribution in [0.25, 0.3) is 0 Å². The van der Waals surface area contributed by atoms with E-state index in [0.29, 0.717) is 6.61 Å². The Labute approximate surface area is 124 Å². The van der Waals surface area contributed by atoms with Gasteiger partial charge in [0.15, 0.2) is 0 Å². The molecule has 0 aliphatic heterocycles. The zero-order chi connectivity index (χ0) is 14.6. The van der Waals surface area contributed by atoms with Gasteiger partial charge in [-0.05, 0) is 56.4 Å². The number of hydrogen-bond acceptors (Lipinski definition) is 3. The fraction of sp³-hybridized carbons (Fsp3) is 0.647. The Kier molecular flexibility index (Phi) is 8.88. The lowest BCUT2D eigenvalue weighted by atomic mass is 10.2. The summed E-state index contributed by atoms with van der Waals surface area (Å²) in [5, 5.41) is 12.2. The van der Waals surface area contributed by atoms with Gasteiger partial charge in [0.2, 0.25) is 0 Å². The molecule has 0 spiro atoms. The van der Waals surface area contributed by atoms with Crippen molar-refractivity contribution in [1.29, 1.82) is 0 Å². The molecule has 3 nitrogen and oxygen atoms in total. The van der Waals surface area contributed by atoms with Crippen molar-refractivity contribution in [1.82, 2.24) is 0 Å². The molecule has 1 aromatic carbocycles. The Hall–Kier alpha value is -1.22. The van der Waals surface area contributed by atoms with Gasteiger partial charge in [0.1, 0.15) is 0 Å². The minimum atomic E-state index is 0.305. The third kappa shape index (κ3) is 6.29. The van der Waals surface area contributed by atoms with Crippen LogP contribution < -0.4 is 10.2 Å². The molecule has 20 heavy (non-hydrogen) atoms. The summed E-state index contributed by atoms with van der Waals surface area (Å²) in [4.78, 5) is 2.45. The van der Waals surface area contributed by atoms with Crippen molar-refractivity contribution in [3.05, 3.63) is 24.3 Å². The number of unbranched alkanes of at least 4 members (excludes halogenated alkanes) is 2. The monoisotopic (exact) mass is 278 g/mol. The van der Waals surface area contributed by atoms with E-state index in [4.69, 9.17) is 5.11 Å². The average molecular weight is 278 g/mol. The Balaban J connectivity index is 2.41. The second-order valence-corrected chi connectivity index (χ2v) is 5.24. The molecule has 0 fully saturated rings. The molecule has 114 valence electrons. The van der Waals surface area contributed by atoms with E-state index in [2.05, 4.69) is 48.3 Å². The number of nitrogens with one attached hydrogen (secondary N) is 1.